The molecule has 1 heterocycles. The topological polar surface area (TPSA) is 77.5 Å². The Bertz CT molecular complexity index is 2980. The lowest BCUT2D eigenvalue weighted by Crippen LogP contribution is -2.37. The first-order valence-electron chi connectivity index (χ1n) is 22.6. The van der Waals surface area contributed by atoms with Gasteiger partial charge in [0.15, 0.2) is 11.6 Å². The summed E-state index contributed by atoms with van der Waals surface area (Å²) in [7, 11) is 0. The second-order valence-corrected chi connectivity index (χ2v) is 17.0. The zero-order valence-corrected chi connectivity index (χ0v) is 35.9. The van der Waals surface area contributed by atoms with Gasteiger partial charge in [-0.3, -0.25) is 19.4 Å². The van der Waals surface area contributed by atoms with Gasteiger partial charge in [0.25, 0.3) is 0 Å². The molecule has 0 radical (unpaired) electrons. The van der Waals surface area contributed by atoms with Gasteiger partial charge in [0.05, 0.1) is 65.9 Å². The molecule has 8 nitrogen and oxygen atoms in total. The lowest BCUT2D eigenvalue weighted by Gasteiger charge is -2.23. The quantitative estimate of drug-likeness (QED) is 0.0930. The summed E-state index contributed by atoms with van der Waals surface area (Å²) in [6.45, 7) is 6.39. The highest BCUT2D eigenvalue weighted by atomic mass is 16.5. The molecule has 11 rings (SSSR count). The molecule has 1 aliphatic rings. The number of benzene rings is 10. The van der Waals surface area contributed by atoms with Crippen LogP contribution in [0.4, 0.5) is 0 Å². The molecule has 64 heavy (non-hydrogen) atoms. The number of fused-ring (bicyclic) bond motifs is 4. The van der Waals surface area contributed by atoms with Crippen molar-refractivity contribution < 1.29 is 28.5 Å². The van der Waals surface area contributed by atoms with Crippen molar-refractivity contribution in [2.75, 3.05) is 92.1 Å². The highest BCUT2D eigenvalue weighted by Crippen LogP contribution is 2.42. The molecule has 0 atom stereocenters. The van der Waals surface area contributed by atoms with Crippen molar-refractivity contribution >= 4 is 97.7 Å². The standard InChI is InChI=1S/C56H50N2O6/c59-51(39-19-21-49-45-13-3-9-37-7-1-11-43(53(37)45)47-17-5-15-41(39)55(47)49)35-57-23-27-61-31-33-63-29-25-58(26-30-64-34-32-62-28-24-57)36-52(60)40-20-22-50-46-14-4-10-38-8-2-12-44(54(38)46)48-18-6-16-42(40)56(48)50/h1-22H,23-36H2. The molecule has 1 aliphatic heterocycles. The van der Waals surface area contributed by atoms with E-state index in [0.29, 0.717) is 79.0 Å². The summed E-state index contributed by atoms with van der Waals surface area (Å²) in [6, 6.07) is 46.8. The van der Waals surface area contributed by atoms with Gasteiger partial charge in [-0.15, -0.1) is 0 Å². The normalized spacial score (nSPS) is 16.5. The van der Waals surface area contributed by atoms with E-state index >= 15 is 0 Å². The van der Waals surface area contributed by atoms with Gasteiger partial charge in [0.2, 0.25) is 0 Å². The lowest BCUT2D eigenvalue weighted by atomic mass is 9.88. The number of hydrogen-bond acceptors (Lipinski definition) is 8. The summed E-state index contributed by atoms with van der Waals surface area (Å²) in [4.78, 5) is 32.6. The molecule has 10 aromatic carbocycles. The number of carbonyl (C=O) groups is 2. The fourth-order valence-corrected chi connectivity index (χ4v) is 10.3. The first-order chi connectivity index (χ1) is 31.6. The maximum absolute atomic E-state index is 14.2. The van der Waals surface area contributed by atoms with E-state index in [4.69, 9.17) is 18.9 Å². The van der Waals surface area contributed by atoms with Crippen molar-refractivity contribution in [2.45, 2.75) is 0 Å². The third-order valence-corrected chi connectivity index (χ3v) is 13.3. The minimum Gasteiger partial charge on any atom is -0.378 e. The number of hydrogen-bond donors (Lipinski definition) is 0. The van der Waals surface area contributed by atoms with Crippen LogP contribution in [0, 0.1) is 0 Å². The van der Waals surface area contributed by atoms with Crippen molar-refractivity contribution in [3.05, 3.63) is 145 Å². The van der Waals surface area contributed by atoms with E-state index in [2.05, 4.69) is 131 Å². The van der Waals surface area contributed by atoms with Crippen molar-refractivity contribution in [2.24, 2.45) is 0 Å². The Morgan fingerprint density at radius 1 is 0.328 bits per heavy atom. The second kappa shape index (κ2) is 17.8. The van der Waals surface area contributed by atoms with Gasteiger partial charge in [-0.1, -0.05) is 133 Å². The molecule has 1 fully saturated rings. The van der Waals surface area contributed by atoms with E-state index in [1.807, 2.05) is 12.1 Å². The molecular formula is C56H50N2O6. The molecule has 10 aromatic rings. The smallest absolute Gasteiger partial charge is 0.177 e. The molecule has 0 unspecified atom stereocenters. The van der Waals surface area contributed by atoms with Crippen LogP contribution in [0.3, 0.4) is 0 Å². The van der Waals surface area contributed by atoms with Crippen molar-refractivity contribution in [1.29, 1.82) is 0 Å². The molecular weight excluding hydrogens is 797 g/mol. The second-order valence-electron chi connectivity index (χ2n) is 17.0. The Morgan fingerprint density at radius 3 is 0.953 bits per heavy atom. The summed E-state index contributed by atoms with van der Waals surface area (Å²) >= 11 is 0. The van der Waals surface area contributed by atoms with Crippen LogP contribution in [0.15, 0.2) is 133 Å². The molecule has 0 saturated carbocycles. The largest absolute Gasteiger partial charge is 0.378 e. The summed E-state index contributed by atoms with van der Waals surface area (Å²) in [5.74, 6) is 0.149. The van der Waals surface area contributed by atoms with E-state index in [9.17, 15) is 9.59 Å². The van der Waals surface area contributed by atoms with Crippen LogP contribution in [-0.4, -0.2) is 113 Å². The van der Waals surface area contributed by atoms with Gasteiger partial charge in [-0.05, 0) is 86.2 Å². The van der Waals surface area contributed by atoms with E-state index in [0.717, 1.165) is 32.7 Å². The Balaban J connectivity index is 0.738. The molecule has 0 bridgehead atoms. The molecule has 8 heteroatoms. The zero-order chi connectivity index (χ0) is 43.0. The number of rotatable bonds is 6. The van der Waals surface area contributed by atoms with Crippen LogP contribution in [0.5, 0.6) is 0 Å². The van der Waals surface area contributed by atoms with E-state index in [1.165, 1.54) is 64.6 Å². The van der Waals surface area contributed by atoms with Crippen LogP contribution in [-0.2, 0) is 18.9 Å². The Kier molecular flexibility index (Phi) is 11.3. The van der Waals surface area contributed by atoms with Crippen molar-refractivity contribution in [3.63, 3.8) is 0 Å². The molecule has 1 saturated heterocycles. The monoisotopic (exact) mass is 846 g/mol. The SMILES string of the molecule is O=C(CN1CCOCCOCCN(CC(=O)c2ccc3c4cccc5cccc(c6cccc2c63)c54)CCOCCOCC1)c1ccc2c3cccc4cccc(c5cccc1c52)c43. The number of ether oxygens (including phenoxy) is 4. The average Bonchev–Trinajstić information content (AvgIpc) is 3.33. The summed E-state index contributed by atoms with van der Waals surface area (Å²) < 4.78 is 24.2. The number of ketones is 2. The van der Waals surface area contributed by atoms with Crippen LogP contribution in [0.25, 0.3) is 86.2 Å². The lowest BCUT2D eigenvalue weighted by molar-refractivity contribution is 0.00885. The number of Topliss-reactive ketones (excluding diaryl/α,β-unsaturated/α-hetero) is 2. The third-order valence-electron chi connectivity index (χ3n) is 13.3. The summed E-state index contributed by atoms with van der Waals surface area (Å²) in [5.41, 5.74) is 1.46. The van der Waals surface area contributed by atoms with E-state index in [-0.39, 0.29) is 24.7 Å². The Labute approximate surface area is 371 Å². The third kappa shape index (κ3) is 7.50. The van der Waals surface area contributed by atoms with Crippen LogP contribution in [0.2, 0.25) is 0 Å². The molecule has 0 aromatic heterocycles. The predicted molar refractivity (Wildman–Crippen MR) is 260 cm³/mol. The molecule has 0 N–H and O–H groups in total. The molecule has 0 amide bonds. The minimum atomic E-state index is 0.0744. The van der Waals surface area contributed by atoms with Crippen LogP contribution >= 0.6 is 0 Å². The highest BCUT2D eigenvalue weighted by Gasteiger charge is 2.22. The van der Waals surface area contributed by atoms with Gasteiger partial charge in [0.1, 0.15) is 0 Å². The zero-order valence-electron chi connectivity index (χ0n) is 35.9. The van der Waals surface area contributed by atoms with E-state index < -0.39 is 0 Å². The van der Waals surface area contributed by atoms with E-state index in [1.54, 1.807) is 0 Å². The summed E-state index contributed by atoms with van der Waals surface area (Å²) in [6.07, 6.45) is 0. The van der Waals surface area contributed by atoms with Gasteiger partial charge in [-0.25, -0.2) is 0 Å². The highest BCUT2D eigenvalue weighted by molar-refractivity contribution is 6.36. The van der Waals surface area contributed by atoms with Gasteiger partial charge >= 0.3 is 0 Å². The Hall–Kier alpha value is -6.10. The first-order valence-corrected chi connectivity index (χ1v) is 22.6. The Morgan fingerprint density at radius 2 is 0.609 bits per heavy atom. The summed E-state index contributed by atoms with van der Waals surface area (Å²) in [5, 5.41) is 18.8. The average molecular weight is 847 g/mol. The van der Waals surface area contributed by atoms with Gasteiger partial charge < -0.3 is 18.9 Å². The van der Waals surface area contributed by atoms with Crippen molar-refractivity contribution in [3.8, 4) is 0 Å². The fourth-order valence-electron chi connectivity index (χ4n) is 10.3. The number of nitrogens with zero attached hydrogens (tertiary/aromatic N) is 2. The van der Waals surface area contributed by atoms with Crippen LogP contribution < -0.4 is 0 Å². The fraction of sp³-hybridized carbons (Fsp3) is 0.250. The molecule has 0 aliphatic carbocycles. The predicted octanol–water partition coefficient (Wildman–Crippen LogP) is 10.5. The van der Waals surface area contributed by atoms with Crippen molar-refractivity contribution in [1.82, 2.24) is 9.80 Å². The van der Waals surface area contributed by atoms with Gasteiger partial charge in [0, 0.05) is 37.3 Å². The van der Waals surface area contributed by atoms with Crippen LogP contribution in [0.1, 0.15) is 20.7 Å². The minimum absolute atomic E-state index is 0.0744. The maximum Gasteiger partial charge on any atom is 0.177 e. The first kappa shape index (κ1) is 40.7. The van der Waals surface area contributed by atoms with Gasteiger partial charge in [-0.2, -0.15) is 0 Å². The molecule has 320 valence electrons. The maximum atomic E-state index is 14.2. The number of carbonyl (C=O) groups excluding carboxylic acids is 2. The molecule has 0 spiro atoms.